The third kappa shape index (κ3) is 1.64. The van der Waals surface area contributed by atoms with Crippen molar-refractivity contribution in [2.75, 3.05) is 0 Å². The standard InChI is InChI=1S/C8H6BrFO2/c9-4-5-2-1-3-6(10)7(5)8(11)12/h1-3H,4H2,(H,11,12). The van der Waals surface area contributed by atoms with Gasteiger partial charge in [-0.15, -0.1) is 0 Å². The molecular formula is C8H6BrFO2. The van der Waals surface area contributed by atoms with Gasteiger partial charge in [0.05, 0.1) is 5.56 Å². The van der Waals surface area contributed by atoms with E-state index in [4.69, 9.17) is 5.11 Å². The molecule has 64 valence electrons. The molecule has 0 aliphatic heterocycles. The second-order valence-corrected chi connectivity index (χ2v) is 2.77. The number of halogens is 2. The Labute approximate surface area is 77.2 Å². The Hall–Kier alpha value is -0.900. The summed E-state index contributed by atoms with van der Waals surface area (Å²) < 4.78 is 12.9. The number of hydrogen-bond acceptors (Lipinski definition) is 1. The van der Waals surface area contributed by atoms with Gasteiger partial charge in [0, 0.05) is 5.33 Å². The Kier molecular flexibility index (Phi) is 2.81. The number of carboxylic acid groups (broad SMARTS) is 1. The van der Waals surface area contributed by atoms with E-state index in [2.05, 4.69) is 15.9 Å². The summed E-state index contributed by atoms with van der Waals surface area (Å²) in [5.41, 5.74) is 0.192. The number of aromatic carboxylic acids is 1. The zero-order chi connectivity index (χ0) is 9.14. The van der Waals surface area contributed by atoms with Crippen LogP contribution in [0.5, 0.6) is 0 Å². The van der Waals surface area contributed by atoms with Crippen molar-refractivity contribution in [3.05, 3.63) is 35.1 Å². The van der Waals surface area contributed by atoms with Crippen LogP contribution in [-0.4, -0.2) is 11.1 Å². The number of alkyl halides is 1. The first-order valence-electron chi connectivity index (χ1n) is 3.23. The molecule has 1 aromatic rings. The predicted octanol–water partition coefficient (Wildman–Crippen LogP) is 2.42. The fourth-order valence-corrected chi connectivity index (χ4v) is 1.39. The third-order valence-electron chi connectivity index (χ3n) is 1.46. The van der Waals surface area contributed by atoms with Crippen molar-refractivity contribution in [3.63, 3.8) is 0 Å². The van der Waals surface area contributed by atoms with Crippen LogP contribution < -0.4 is 0 Å². The average Bonchev–Trinajstić information content (AvgIpc) is 2.03. The first-order chi connectivity index (χ1) is 5.66. The molecule has 1 rings (SSSR count). The first kappa shape index (κ1) is 9.19. The monoisotopic (exact) mass is 232 g/mol. The van der Waals surface area contributed by atoms with Crippen LogP contribution in [0.1, 0.15) is 15.9 Å². The van der Waals surface area contributed by atoms with E-state index in [1.807, 2.05) is 0 Å². The smallest absolute Gasteiger partial charge is 0.338 e. The van der Waals surface area contributed by atoms with E-state index in [-0.39, 0.29) is 5.56 Å². The molecule has 0 aliphatic carbocycles. The van der Waals surface area contributed by atoms with E-state index in [9.17, 15) is 9.18 Å². The van der Waals surface area contributed by atoms with Crippen LogP contribution in [0, 0.1) is 5.82 Å². The molecule has 0 unspecified atom stereocenters. The summed E-state index contributed by atoms with van der Waals surface area (Å²) in [5, 5.41) is 8.96. The second-order valence-electron chi connectivity index (χ2n) is 2.21. The second kappa shape index (κ2) is 3.67. The molecular weight excluding hydrogens is 227 g/mol. The van der Waals surface area contributed by atoms with Gasteiger partial charge in [-0.3, -0.25) is 0 Å². The third-order valence-corrected chi connectivity index (χ3v) is 2.06. The molecule has 0 aliphatic rings. The highest BCUT2D eigenvalue weighted by Gasteiger charge is 2.13. The van der Waals surface area contributed by atoms with E-state index in [0.29, 0.717) is 10.9 Å². The van der Waals surface area contributed by atoms with E-state index < -0.39 is 11.8 Å². The SMILES string of the molecule is O=C(O)c1c(F)cccc1CBr. The minimum atomic E-state index is -1.23. The lowest BCUT2D eigenvalue weighted by Gasteiger charge is -2.02. The Morgan fingerprint density at radius 1 is 1.58 bits per heavy atom. The molecule has 0 aromatic heterocycles. The number of carboxylic acids is 1. The maximum atomic E-state index is 12.9. The molecule has 0 fully saturated rings. The van der Waals surface area contributed by atoms with Crippen molar-refractivity contribution in [2.24, 2.45) is 0 Å². The molecule has 0 atom stereocenters. The van der Waals surface area contributed by atoms with E-state index >= 15 is 0 Å². The molecule has 0 saturated carbocycles. The zero-order valence-electron chi connectivity index (χ0n) is 6.05. The minimum Gasteiger partial charge on any atom is -0.478 e. The van der Waals surface area contributed by atoms with Crippen molar-refractivity contribution in [1.29, 1.82) is 0 Å². The van der Waals surface area contributed by atoms with Gasteiger partial charge in [0.15, 0.2) is 0 Å². The Balaban J connectivity index is 3.29. The number of hydrogen-bond donors (Lipinski definition) is 1. The van der Waals surface area contributed by atoms with Crippen LogP contribution in [0.2, 0.25) is 0 Å². The number of rotatable bonds is 2. The lowest BCUT2D eigenvalue weighted by atomic mass is 10.1. The van der Waals surface area contributed by atoms with E-state index in [0.717, 1.165) is 6.07 Å². The van der Waals surface area contributed by atoms with Crippen molar-refractivity contribution >= 4 is 21.9 Å². The molecule has 4 heteroatoms. The lowest BCUT2D eigenvalue weighted by Crippen LogP contribution is -2.04. The maximum absolute atomic E-state index is 12.9. The molecule has 2 nitrogen and oxygen atoms in total. The number of benzene rings is 1. The highest BCUT2D eigenvalue weighted by molar-refractivity contribution is 9.08. The molecule has 0 heterocycles. The van der Waals surface area contributed by atoms with E-state index in [1.54, 1.807) is 6.07 Å². The van der Waals surface area contributed by atoms with Crippen molar-refractivity contribution in [3.8, 4) is 0 Å². The summed E-state index contributed by atoms with van der Waals surface area (Å²) in [7, 11) is 0. The van der Waals surface area contributed by atoms with Gasteiger partial charge >= 0.3 is 5.97 Å². The van der Waals surface area contributed by atoms with Crippen molar-refractivity contribution < 1.29 is 14.3 Å². The van der Waals surface area contributed by atoms with Gasteiger partial charge in [-0.05, 0) is 11.6 Å². The number of carbonyl (C=O) groups is 1. The van der Waals surface area contributed by atoms with Crippen LogP contribution in [-0.2, 0) is 5.33 Å². The van der Waals surface area contributed by atoms with Crippen LogP contribution in [0.3, 0.4) is 0 Å². The summed E-state index contributed by atoms with van der Waals surface area (Å²) >= 11 is 3.08. The molecule has 0 spiro atoms. The first-order valence-corrected chi connectivity index (χ1v) is 4.35. The van der Waals surface area contributed by atoms with Gasteiger partial charge in [-0.2, -0.15) is 0 Å². The van der Waals surface area contributed by atoms with Crippen LogP contribution >= 0.6 is 15.9 Å². The quantitative estimate of drug-likeness (QED) is 0.796. The summed E-state index contributed by atoms with van der Waals surface area (Å²) in [5.74, 6) is -1.93. The fourth-order valence-electron chi connectivity index (χ4n) is 0.920. The van der Waals surface area contributed by atoms with Crippen LogP contribution in [0.25, 0.3) is 0 Å². The highest BCUT2D eigenvalue weighted by atomic mass is 79.9. The normalized spacial score (nSPS) is 9.83. The topological polar surface area (TPSA) is 37.3 Å². The fraction of sp³-hybridized carbons (Fsp3) is 0.125. The van der Waals surface area contributed by atoms with Gasteiger partial charge in [0.25, 0.3) is 0 Å². The summed E-state index contributed by atoms with van der Waals surface area (Å²) in [4.78, 5) is 10.5. The largest absolute Gasteiger partial charge is 0.478 e. The Morgan fingerprint density at radius 3 is 2.67 bits per heavy atom. The molecule has 0 bridgehead atoms. The lowest BCUT2D eigenvalue weighted by molar-refractivity contribution is 0.0691. The summed E-state index contributed by atoms with van der Waals surface area (Å²) in [6.45, 7) is 0. The van der Waals surface area contributed by atoms with Crippen LogP contribution in [0.4, 0.5) is 4.39 Å². The highest BCUT2D eigenvalue weighted by Crippen LogP contribution is 2.15. The van der Waals surface area contributed by atoms with Gasteiger partial charge in [0.1, 0.15) is 5.82 Å². The molecule has 1 N–H and O–H groups in total. The Bertz CT molecular complexity index is 312. The van der Waals surface area contributed by atoms with Gasteiger partial charge in [0.2, 0.25) is 0 Å². The van der Waals surface area contributed by atoms with Gasteiger partial charge < -0.3 is 5.11 Å². The average molecular weight is 233 g/mol. The maximum Gasteiger partial charge on any atom is 0.338 e. The molecule has 1 aromatic carbocycles. The Morgan fingerprint density at radius 2 is 2.25 bits per heavy atom. The molecule has 12 heavy (non-hydrogen) atoms. The minimum absolute atomic E-state index is 0.255. The van der Waals surface area contributed by atoms with E-state index in [1.165, 1.54) is 6.07 Å². The van der Waals surface area contributed by atoms with Crippen LogP contribution in [0.15, 0.2) is 18.2 Å². The van der Waals surface area contributed by atoms with Gasteiger partial charge in [-0.25, -0.2) is 9.18 Å². The van der Waals surface area contributed by atoms with Crippen molar-refractivity contribution in [1.82, 2.24) is 0 Å². The van der Waals surface area contributed by atoms with Gasteiger partial charge in [-0.1, -0.05) is 28.1 Å². The summed E-state index contributed by atoms with van der Waals surface area (Å²) in [6, 6.07) is 4.19. The van der Waals surface area contributed by atoms with Crippen molar-refractivity contribution in [2.45, 2.75) is 5.33 Å². The molecule has 0 radical (unpaired) electrons. The predicted molar refractivity (Wildman–Crippen MR) is 46.0 cm³/mol. The summed E-state index contributed by atoms with van der Waals surface area (Å²) in [6.07, 6.45) is 0. The molecule has 0 saturated heterocycles. The molecule has 0 amide bonds. The zero-order valence-corrected chi connectivity index (χ0v) is 7.64.